The van der Waals surface area contributed by atoms with Crippen LogP contribution in [-0.2, 0) is 4.79 Å². The van der Waals surface area contributed by atoms with Crippen LogP contribution < -0.4 is 27.4 Å². The maximum Gasteiger partial charge on any atom is 0.260 e. The first-order valence-electron chi connectivity index (χ1n) is 6.35. The summed E-state index contributed by atoms with van der Waals surface area (Å²) in [6, 6.07) is -0.0106. The zero-order chi connectivity index (χ0) is 15.7. The van der Waals surface area contributed by atoms with E-state index in [2.05, 4.69) is 5.32 Å². The number of hydrogen-bond acceptors (Lipinski definition) is 6. The second-order valence-corrected chi connectivity index (χ2v) is 5.88. The minimum atomic E-state index is -0.700. The second-order valence-electron chi connectivity index (χ2n) is 4.89. The number of thiophene rings is 1. The van der Waals surface area contributed by atoms with Crippen molar-refractivity contribution in [1.82, 2.24) is 5.32 Å². The lowest BCUT2D eigenvalue weighted by molar-refractivity contribution is -0.119. The summed E-state index contributed by atoms with van der Waals surface area (Å²) in [4.78, 5) is 36.0. The van der Waals surface area contributed by atoms with Gasteiger partial charge in [-0.3, -0.25) is 14.4 Å². The maximum atomic E-state index is 11.6. The Labute approximate surface area is 125 Å². The fraction of sp³-hybridized carbons (Fsp3) is 0.417. The molecule has 2 rings (SSSR count). The van der Waals surface area contributed by atoms with Gasteiger partial charge in [-0.1, -0.05) is 0 Å². The summed E-state index contributed by atoms with van der Waals surface area (Å²) in [5.74, 6) is -1.50. The molecule has 7 N–H and O–H groups in total. The van der Waals surface area contributed by atoms with Gasteiger partial charge in [0.25, 0.3) is 11.8 Å². The van der Waals surface area contributed by atoms with Crippen molar-refractivity contribution < 1.29 is 14.4 Å². The molecule has 0 bridgehead atoms. The smallest absolute Gasteiger partial charge is 0.260 e. The SMILES string of the molecule is CC(=O)NC1CCN(c2sc(C(N)=O)c(N)c2C(N)=O)C1. The summed E-state index contributed by atoms with van der Waals surface area (Å²) in [6.07, 6.45) is 0.738. The van der Waals surface area contributed by atoms with Crippen molar-refractivity contribution in [1.29, 1.82) is 0 Å². The highest BCUT2D eigenvalue weighted by Gasteiger charge is 2.31. The first kappa shape index (κ1) is 15.1. The van der Waals surface area contributed by atoms with Crippen molar-refractivity contribution in [3.63, 3.8) is 0 Å². The Balaban J connectivity index is 2.32. The van der Waals surface area contributed by atoms with E-state index in [0.717, 1.165) is 17.8 Å². The zero-order valence-electron chi connectivity index (χ0n) is 11.5. The summed E-state index contributed by atoms with van der Waals surface area (Å²) in [7, 11) is 0. The summed E-state index contributed by atoms with van der Waals surface area (Å²) < 4.78 is 0. The quantitative estimate of drug-likeness (QED) is 0.577. The number of amides is 3. The van der Waals surface area contributed by atoms with Gasteiger partial charge in [0.05, 0.1) is 11.3 Å². The Kier molecular flexibility index (Phi) is 4.03. The third-order valence-electron chi connectivity index (χ3n) is 3.28. The van der Waals surface area contributed by atoms with Crippen LogP contribution in [0.1, 0.15) is 33.4 Å². The van der Waals surface area contributed by atoms with Gasteiger partial charge in [-0.05, 0) is 6.42 Å². The van der Waals surface area contributed by atoms with Gasteiger partial charge in [-0.25, -0.2) is 0 Å². The summed E-state index contributed by atoms with van der Waals surface area (Å²) in [5.41, 5.74) is 16.6. The van der Waals surface area contributed by atoms with Crippen LogP contribution in [0.5, 0.6) is 0 Å². The lowest BCUT2D eigenvalue weighted by Gasteiger charge is -2.18. The van der Waals surface area contributed by atoms with Crippen LogP contribution >= 0.6 is 11.3 Å². The summed E-state index contributed by atoms with van der Waals surface area (Å²) in [6.45, 7) is 2.60. The minimum Gasteiger partial charge on any atom is -0.397 e. The average molecular weight is 311 g/mol. The third-order valence-corrected chi connectivity index (χ3v) is 4.56. The van der Waals surface area contributed by atoms with E-state index in [1.807, 2.05) is 4.90 Å². The average Bonchev–Trinajstić information content (AvgIpc) is 2.92. The number of nitrogens with zero attached hydrogens (tertiary/aromatic N) is 1. The van der Waals surface area contributed by atoms with Crippen molar-refractivity contribution in [3.05, 3.63) is 10.4 Å². The van der Waals surface area contributed by atoms with E-state index in [1.54, 1.807) is 0 Å². The van der Waals surface area contributed by atoms with E-state index in [4.69, 9.17) is 17.2 Å². The van der Waals surface area contributed by atoms with Crippen LogP contribution in [0.3, 0.4) is 0 Å². The topological polar surface area (TPSA) is 145 Å². The van der Waals surface area contributed by atoms with E-state index in [9.17, 15) is 14.4 Å². The van der Waals surface area contributed by atoms with Crippen LogP contribution in [0.25, 0.3) is 0 Å². The molecule has 1 saturated heterocycles. The second kappa shape index (κ2) is 5.60. The first-order chi connectivity index (χ1) is 9.81. The zero-order valence-corrected chi connectivity index (χ0v) is 12.3. The Bertz CT molecular complexity index is 612. The molecule has 1 aromatic rings. The number of carbonyl (C=O) groups is 3. The fourth-order valence-electron chi connectivity index (χ4n) is 2.43. The van der Waals surface area contributed by atoms with Crippen molar-refractivity contribution in [2.75, 3.05) is 23.7 Å². The van der Waals surface area contributed by atoms with Gasteiger partial charge in [0.1, 0.15) is 9.88 Å². The molecule has 9 heteroatoms. The van der Waals surface area contributed by atoms with Gasteiger partial charge >= 0.3 is 0 Å². The molecule has 3 amide bonds. The van der Waals surface area contributed by atoms with Crippen molar-refractivity contribution in [2.45, 2.75) is 19.4 Å². The highest BCUT2D eigenvalue weighted by molar-refractivity contribution is 7.19. The van der Waals surface area contributed by atoms with Crippen LogP contribution in [0.15, 0.2) is 0 Å². The molecule has 1 aliphatic rings. The number of rotatable bonds is 4. The number of carbonyl (C=O) groups excluding carboxylic acids is 3. The van der Waals surface area contributed by atoms with Crippen LogP contribution in [0.4, 0.5) is 10.7 Å². The lowest BCUT2D eigenvalue weighted by atomic mass is 10.2. The number of nitrogens with two attached hydrogens (primary N) is 3. The molecule has 1 atom stereocenters. The van der Waals surface area contributed by atoms with E-state index in [-0.39, 0.29) is 28.1 Å². The van der Waals surface area contributed by atoms with Crippen molar-refractivity contribution >= 4 is 39.7 Å². The molecular formula is C12H17N5O3S. The highest BCUT2D eigenvalue weighted by atomic mass is 32.1. The number of nitrogen functional groups attached to an aromatic ring is 1. The number of primary amides is 2. The molecule has 0 aromatic carbocycles. The molecule has 0 spiro atoms. The normalized spacial score (nSPS) is 17.8. The highest BCUT2D eigenvalue weighted by Crippen LogP contribution is 2.39. The van der Waals surface area contributed by atoms with E-state index >= 15 is 0 Å². The van der Waals surface area contributed by atoms with E-state index in [1.165, 1.54) is 6.92 Å². The molecule has 0 aliphatic carbocycles. The fourth-order valence-corrected chi connectivity index (χ4v) is 3.54. The van der Waals surface area contributed by atoms with Crippen molar-refractivity contribution in [2.24, 2.45) is 11.5 Å². The molecule has 2 heterocycles. The summed E-state index contributed by atoms with van der Waals surface area (Å²) in [5, 5.41) is 3.35. The molecule has 0 radical (unpaired) electrons. The van der Waals surface area contributed by atoms with Gasteiger partial charge < -0.3 is 27.4 Å². The number of hydrogen-bond donors (Lipinski definition) is 4. The third kappa shape index (κ3) is 2.92. The summed E-state index contributed by atoms with van der Waals surface area (Å²) >= 11 is 1.05. The molecule has 8 nitrogen and oxygen atoms in total. The Morgan fingerprint density at radius 3 is 2.48 bits per heavy atom. The Hall–Kier alpha value is -2.29. The lowest BCUT2D eigenvalue weighted by Crippen LogP contribution is -2.35. The van der Waals surface area contributed by atoms with Gasteiger partial charge in [0.2, 0.25) is 5.91 Å². The standard InChI is InChI=1S/C12H17N5O3S/c1-5(18)16-6-2-3-17(4-6)12-7(10(14)19)8(13)9(21-12)11(15)20/h6H,2-4,13H2,1H3,(H2,14,19)(H2,15,20)(H,16,18). The molecule has 114 valence electrons. The maximum absolute atomic E-state index is 11.6. The molecular weight excluding hydrogens is 294 g/mol. The van der Waals surface area contributed by atoms with E-state index < -0.39 is 11.8 Å². The number of anilines is 2. The molecule has 1 fully saturated rings. The van der Waals surface area contributed by atoms with E-state index in [0.29, 0.717) is 18.1 Å². The Morgan fingerprint density at radius 1 is 1.29 bits per heavy atom. The van der Waals surface area contributed by atoms with Crippen LogP contribution in [0, 0.1) is 0 Å². The first-order valence-corrected chi connectivity index (χ1v) is 7.16. The monoisotopic (exact) mass is 311 g/mol. The molecule has 1 aliphatic heterocycles. The largest absolute Gasteiger partial charge is 0.397 e. The van der Waals surface area contributed by atoms with Gasteiger partial charge in [0, 0.05) is 26.1 Å². The van der Waals surface area contributed by atoms with Crippen LogP contribution in [0.2, 0.25) is 0 Å². The van der Waals surface area contributed by atoms with Gasteiger partial charge in [0.15, 0.2) is 0 Å². The molecule has 0 saturated carbocycles. The Morgan fingerprint density at radius 2 is 1.95 bits per heavy atom. The predicted octanol–water partition coefficient (Wildman–Crippen LogP) is -0.757. The molecule has 1 aromatic heterocycles. The minimum absolute atomic E-state index is 0.0106. The van der Waals surface area contributed by atoms with Gasteiger partial charge in [-0.15, -0.1) is 11.3 Å². The number of nitrogens with one attached hydrogen (secondary N) is 1. The van der Waals surface area contributed by atoms with Crippen molar-refractivity contribution in [3.8, 4) is 0 Å². The van der Waals surface area contributed by atoms with Gasteiger partial charge in [-0.2, -0.15) is 0 Å². The van der Waals surface area contributed by atoms with Crippen LogP contribution in [-0.4, -0.2) is 36.9 Å². The molecule has 21 heavy (non-hydrogen) atoms. The predicted molar refractivity (Wildman–Crippen MR) is 80.2 cm³/mol. The molecule has 1 unspecified atom stereocenters.